The summed E-state index contributed by atoms with van der Waals surface area (Å²) in [5, 5.41) is 4.46. The zero-order valence-corrected chi connectivity index (χ0v) is 27.5. The summed E-state index contributed by atoms with van der Waals surface area (Å²) in [6, 6.07) is 63.5. The van der Waals surface area contributed by atoms with Crippen molar-refractivity contribution in [1.29, 1.82) is 0 Å². The van der Waals surface area contributed by atoms with Gasteiger partial charge in [0.1, 0.15) is 16.7 Å². The van der Waals surface area contributed by atoms with Crippen LogP contribution in [0, 0.1) is 0 Å². The highest BCUT2D eigenvalue weighted by molar-refractivity contribution is 6.15. The number of nitrogens with zero attached hydrogens (tertiary/aromatic N) is 2. The molecule has 0 spiro atoms. The van der Waals surface area contributed by atoms with E-state index in [1.165, 1.54) is 33.0 Å². The van der Waals surface area contributed by atoms with E-state index in [4.69, 9.17) is 13.8 Å². The summed E-state index contributed by atoms with van der Waals surface area (Å²) in [6.45, 7) is 0. The van der Waals surface area contributed by atoms with E-state index in [1.807, 2.05) is 48.5 Å². The fraction of sp³-hybridized carbons (Fsp3) is 0. The Kier molecular flexibility index (Phi) is 6.78. The molecule has 0 saturated heterocycles. The number of furan rings is 1. The van der Waals surface area contributed by atoms with Crippen LogP contribution in [0.2, 0.25) is 0 Å². The summed E-state index contributed by atoms with van der Waals surface area (Å²) < 4.78 is 12.8. The minimum atomic E-state index is 0.592. The molecular weight excluding hydrogens is 625 g/mol. The van der Waals surface area contributed by atoms with E-state index < -0.39 is 0 Å². The normalized spacial score (nSPS) is 11.5. The SMILES string of the molecule is c1ccc(-c2ccc(N(c3ccc(-c4cccc5ccccc45)cc3)c3cccc4oc5cc6nc(-c7ccccc7)oc6cc5c34)cc2)cc1. The summed E-state index contributed by atoms with van der Waals surface area (Å²) in [5.74, 6) is 0.592. The molecule has 8 aromatic carbocycles. The number of aromatic nitrogens is 1. The molecule has 0 bridgehead atoms. The highest BCUT2D eigenvalue weighted by atomic mass is 16.4. The molecule has 0 aliphatic rings. The van der Waals surface area contributed by atoms with Crippen molar-refractivity contribution in [2.75, 3.05) is 4.90 Å². The Morgan fingerprint density at radius 2 is 1.04 bits per heavy atom. The maximum Gasteiger partial charge on any atom is 0.227 e. The zero-order chi connectivity index (χ0) is 33.7. The van der Waals surface area contributed by atoms with Crippen molar-refractivity contribution in [3.05, 3.63) is 182 Å². The Bertz CT molecular complexity index is 2830. The Hall–Kier alpha value is -6.91. The van der Waals surface area contributed by atoms with Gasteiger partial charge in [-0.05, 0) is 87.6 Å². The summed E-state index contributed by atoms with van der Waals surface area (Å²) in [4.78, 5) is 7.12. The van der Waals surface area contributed by atoms with E-state index in [0.717, 1.165) is 55.7 Å². The number of benzene rings is 8. The van der Waals surface area contributed by atoms with E-state index in [1.54, 1.807) is 0 Å². The molecule has 0 radical (unpaired) electrons. The molecule has 10 rings (SSSR count). The third-order valence-corrected chi connectivity index (χ3v) is 9.70. The van der Waals surface area contributed by atoms with Gasteiger partial charge in [0, 0.05) is 28.4 Å². The first-order valence-electron chi connectivity index (χ1n) is 17.1. The van der Waals surface area contributed by atoms with Crippen molar-refractivity contribution < 1.29 is 8.83 Å². The molecular formula is C47H30N2O2. The van der Waals surface area contributed by atoms with Crippen LogP contribution in [0.3, 0.4) is 0 Å². The molecule has 240 valence electrons. The molecule has 0 saturated carbocycles. The Morgan fingerprint density at radius 1 is 0.412 bits per heavy atom. The van der Waals surface area contributed by atoms with Crippen LogP contribution in [0.15, 0.2) is 191 Å². The van der Waals surface area contributed by atoms with Crippen LogP contribution < -0.4 is 4.90 Å². The monoisotopic (exact) mass is 654 g/mol. The molecule has 0 aliphatic heterocycles. The Morgan fingerprint density at radius 3 is 1.80 bits per heavy atom. The van der Waals surface area contributed by atoms with Crippen LogP contribution in [0.5, 0.6) is 0 Å². The first kappa shape index (κ1) is 29.0. The number of anilines is 3. The van der Waals surface area contributed by atoms with E-state index in [9.17, 15) is 0 Å². The Balaban J connectivity index is 1.14. The van der Waals surface area contributed by atoms with Crippen LogP contribution in [-0.4, -0.2) is 4.98 Å². The first-order chi connectivity index (χ1) is 25.3. The summed E-state index contributed by atoms with van der Waals surface area (Å²) >= 11 is 0. The average Bonchev–Trinajstić information content (AvgIpc) is 3.79. The maximum absolute atomic E-state index is 6.52. The quantitative estimate of drug-likeness (QED) is 0.179. The third-order valence-electron chi connectivity index (χ3n) is 9.70. The fourth-order valence-corrected chi connectivity index (χ4v) is 7.25. The molecule has 0 N–H and O–H groups in total. The van der Waals surface area contributed by atoms with Gasteiger partial charge in [-0.25, -0.2) is 4.98 Å². The van der Waals surface area contributed by atoms with Crippen LogP contribution in [0.25, 0.3) is 77.5 Å². The standard InChI is InChI=1S/C47H30N2O2/c1-3-11-31(12-4-1)32-21-25-36(26-22-32)49(37-27-23-34(24-28-37)39-18-9-16-33-13-7-8-17-38(33)39)42-19-10-20-43-46(42)40-29-45-41(30-44(40)50-43)48-47(51-45)35-14-5-2-6-15-35/h1-30H. The largest absolute Gasteiger partial charge is 0.456 e. The number of oxazole rings is 1. The summed E-state index contributed by atoms with van der Waals surface area (Å²) in [7, 11) is 0. The topological polar surface area (TPSA) is 42.4 Å². The van der Waals surface area contributed by atoms with E-state index >= 15 is 0 Å². The lowest BCUT2D eigenvalue weighted by atomic mass is 9.98. The minimum absolute atomic E-state index is 0.592. The Labute approximate surface area is 294 Å². The van der Waals surface area contributed by atoms with Crippen LogP contribution in [-0.2, 0) is 0 Å². The van der Waals surface area contributed by atoms with E-state index in [2.05, 4.69) is 138 Å². The molecule has 4 nitrogen and oxygen atoms in total. The molecule has 2 aromatic heterocycles. The second kappa shape index (κ2) is 11.9. The second-order valence-electron chi connectivity index (χ2n) is 12.8. The molecule has 0 unspecified atom stereocenters. The van der Waals surface area contributed by atoms with Crippen molar-refractivity contribution in [2.24, 2.45) is 0 Å². The highest BCUT2D eigenvalue weighted by Gasteiger charge is 2.21. The lowest BCUT2D eigenvalue weighted by molar-refractivity contribution is 0.620. The molecule has 0 aliphatic carbocycles. The first-order valence-corrected chi connectivity index (χ1v) is 17.1. The van der Waals surface area contributed by atoms with E-state index in [0.29, 0.717) is 5.89 Å². The van der Waals surface area contributed by atoms with Gasteiger partial charge in [0.15, 0.2) is 5.58 Å². The molecule has 0 atom stereocenters. The molecule has 0 fully saturated rings. The molecule has 0 amide bonds. The van der Waals surface area contributed by atoms with Gasteiger partial charge in [0.2, 0.25) is 5.89 Å². The van der Waals surface area contributed by atoms with Crippen molar-refractivity contribution >= 4 is 60.9 Å². The van der Waals surface area contributed by atoms with Gasteiger partial charge in [-0.1, -0.05) is 121 Å². The van der Waals surface area contributed by atoms with Gasteiger partial charge >= 0.3 is 0 Å². The number of hydrogen-bond acceptors (Lipinski definition) is 4. The van der Waals surface area contributed by atoms with Crippen molar-refractivity contribution in [3.8, 4) is 33.7 Å². The lowest BCUT2D eigenvalue weighted by Crippen LogP contribution is -2.10. The smallest absolute Gasteiger partial charge is 0.227 e. The highest BCUT2D eigenvalue weighted by Crippen LogP contribution is 2.45. The van der Waals surface area contributed by atoms with Crippen molar-refractivity contribution in [3.63, 3.8) is 0 Å². The van der Waals surface area contributed by atoms with E-state index in [-0.39, 0.29) is 0 Å². The number of hydrogen-bond donors (Lipinski definition) is 0. The van der Waals surface area contributed by atoms with Crippen LogP contribution in [0.4, 0.5) is 17.1 Å². The predicted octanol–water partition coefficient (Wildman–Crippen LogP) is 13.4. The fourth-order valence-electron chi connectivity index (χ4n) is 7.25. The van der Waals surface area contributed by atoms with Crippen LogP contribution in [0.1, 0.15) is 0 Å². The van der Waals surface area contributed by atoms with Gasteiger partial charge in [-0.15, -0.1) is 0 Å². The molecule has 4 heteroatoms. The molecule has 2 heterocycles. The van der Waals surface area contributed by atoms with Crippen molar-refractivity contribution in [2.45, 2.75) is 0 Å². The van der Waals surface area contributed by atoms with Crippen LogP contribution >= 0.6 is 0 Å². The van der Waals surface area contributed by atoms with Gasteiger partial charge in [0.05, 0.1) is 11.1 Å². The number of rotatable bonds is 6. The lowest BCUT2D eigenvalue weighted by Gasteiger charge is -2.26. The molecule has 51 heavy (non-hydrogen) atoms. The summed E-state index contributed by atoms with van der Waals surface area (Å²) in [6.07, 6.45) is 0. The minimum Gasteiger partial charge on any atom is -0.456 e. The third kappa shape index (κ3) is 5.04. The summed E-state index contributed by atoms with van der Waals surface area (Å²) in [5.41, 5.74) is 11.8. The zero-order valence-electron chi connectivity index (χ0n) is 27.5. The maximum atomic E-state index is 6.52. The predicted molar refractivity (Wildman–Crippen MR) is 210 cm³/mol. The van der Waals surface area contributed by atoms with Crippen molar-refractivity contribution in [1.82, 2.24) is 4.98 Å². The van der Waals surface area contributed by atoms with Gasteiger partial charge < -0.3 is 13.7 Å². The van der Waals surface area contributed by atoms with Gasteiger partial charge in [-0.3, -0.25) is 0 Å². The average molecular weight is 655 g/mol. The number of fused-ring (bicyclic) bond motifs is 5. The van der Waals surface area contributed by atoms with Gasteiger partial charge in [-0.2, -0.15) is 0 Å². The van der Waals surface area contributed by atoms with Gasteiger partial charge in [0.25, 0.3) is 0 Å². The molecule has 10 aromatic rings. The second-order valence-corrected chi connectivity index (χ2v) is 12.8.